The van der Waals surface area contributed by atoms with Crippen LogP contribution in [0, 0.1) is 0 Å². The number of halogens is 1. The molecular formula is C12H11ClN4S. The summed E-state index contributed by atoms with van der Waals surface area (Å²) in [5, 5.41) is 5.72. The first-order chi connectivity index (χ1) is 8.67. The van der Waals surface area contributed by atoms with E-state index in [0.717, 1.165) is 22.3 Å². The van der Waals surface area contributed by atoms with E-state index in [1.165, 1.54) is 4.88 Å². The fourth-order valence-corrected chi connectivity index (χ4v) is 3.01. The molecule has 92 valence electrons. The number of aromatic nitrogens is 4. The van der Waals surface area contributed by atoms with Crippen LogP contribution in [0.2, 0.25) is 5.15 Å². The van der Waals surface area contributed by atoms with Crippen molar-refractivity contribution in [3.63, 3.8) is 0 Å². The number of hydrogen-bond acceptors (Lipinski definition) is 4. The van der Waals surface area contributed by atoms with Crippen molar-refractivity contribution in [2.24, 2.45) is 7.05 Å². The highest BCUT2D eigenvalue weighted by atomic mass is 35.5. The van der Waals surface area contributed by atoms with Gasteiger partial charge in [-0.15, -0.1) is 11.3 Å². The number of rotatable bonds is 2. The fourth-order valence-electron chi connectivity index (χ4n) is 1.76. The van der Waals surface area contributed by atoms with Gasteiger partial charge in [0.25, 0.3) is 0 Å². The van der Waals surface area contributed by atoms with Crippen molar-refractivity contribution < 1.29 is 0 Å². The van der Waals surface area contributed by atoms with Gasteiger partial charge in [0.05, 0.1) is 0 Å². The van der Waals surface area contributed by atoms with Gasteiger partial charge in [0.15, 0.2) is 5.82 Å². The molecule has 4 nitrogen and oxygen atoms in total. The first-order valence-electron chi connectivity index (χ1n) is 5.63. The van der Waals surface area contributed by atoms with Gasteiger partial charge in [0.1, 0.15) is 15.7 Å². The van der Waals surface area contributed by atoms with Crippen LogP contribution in [0.25, 0.3) is 21.7 Å². The lowest BCUT2D eigenvalue weighted by molar-refractivity contribution is 0.769. The summed E-state index contributed by atoms with van der Waals surface area (Å²) in [6.45, 7) is 2.12. The Morgan fingerprint density at radius 3 is 2.89 bits per heavy atom. The molecule has 0 atom stereocenters. The summed E-state index contributed by atoms with van der Waals surface area (Å²) in [7, 11) is 1.87. The number of fused-ring (bicyclic) bond motifs is 1. The quantitative estimate of drug-likeness (QED) is 0.676. The third-order valence-corrected chi connectivity index (χ3v) is 4.15. The smallest absolute Gasteiger partial charge is 0.182 e. The third kappa shape index (κ3) is 1.89. The lowest BCUT2D eigenvalue weighted by atomic mass is 10.3. The molecule has 3 aromatic heterocycles. The maximum atomic E-state index is 6.21. The highest BCUT2D eigenvalue weighted by Gasteiger charge is 2.12. The minimum absolute atomic E-state index is 0.497. The molecule has 0 saturated heterocycles. The van der Waals surface area contributed by atoms with Crippen molar-refractivity contribution in [1.29, 1.82) is 0 Å². The first-order valence-corrected chi connectivity index (χ1v) is 6.83. The summed E-state index contributed by atoms with van der Waals surface area (Å²) in [5.74, 6) is 0.581. The Balaban J connectivity index is 2.20. The molecule has 6 heteroatoms. The first kappa shape index (κ1) is 11.6. The van der Waals surface area contributed by atoms with E-state index in [-0.39, 0.29) is 0 Å². The van der Waals surface area contributed by atoms with Gasteiger partial charge in [0.2, 0.25) is 0 Å². The Labute approximate surface area is 113 Å². The zero-order valence-electron chi connectivity index (χ0n) is 10.0. The standard InChI is InChI=1S/C12H11ClN4S/c1-3-7-6-8-10(13)14-11(15-12(8)18-7)9-4-5-17(2)16-9/h4-6H,3H2,1-2H3. The molecule has 0 aliphatic carbocycles. The maximum Gasteiger partial charge on any atom is 0.182 e. The van der Waals surface area contributed by atoms with Gasteiger partial charge in [-0.05, 0) is 18.6 Å². The third-order valence-electron chi connectivity index (χ3n) is 2.69. The van der Waals surface area contributed by atoms with E-state index in [0.29, 0.717) is 11.0 Å². The molecule has 18 heavy (non-hydrogen) atoms. The summed E-state index contributed by atoms with van der Waals surface area (Å²) < 4.78 is 1.72. The zero-order chi connectivity index (χ0) is 12.7. The van der Waals surface area contributed by atoms with Gasteiger partial charge in [-0.2, -0.15) is 5.10 Å². The van der Waals surface area contributed by atoms with Crippen LogP contribution in [-0.4, -0.2) is 19.7 Å². The molecule has 3 heterocycles. The molecular weight excluding hydrogens is 268 g/mol. The van der Waals surface area contributed by atoms with Gasteiger partial charge >= 0.3 is 0 Å². The van der Waals surface area contributed by atoms with Crippen LogP contribution in [-0.2, 0) is 13.5 Å². The lowest BCUT2D eigenvalue weighted by Crippen LogP contribution is -1.92. The second-order valence-corrected chi connectivity index (χ2v) is 5.47. The van der Waals surface area contributed by atoms with Gasteiger partial charge in [-0.3, -0.25) is 4.68 Å². The monoisotopic (exact) mass is 278 g/mol. The molecule has 0 aliphatic heterocycles. The number of thiophene rings is 1. The summed E-state index contributed by atoms with van der Waals surface area (Å²) in [6, 6.07) is 3.94. The van der Waals surface area contributed by atoms with Crippen molar-refractivity contribution in [2.45, 2.75) is 13.3 Å². The van der Waals surface area contributed by atoms with Crippen molar-refractivity contribution in [2.75, 3.05) is 0 Å². The average Bonchev–Trinajstić information content (AvgIpc) is 2.94. The fraction of sp³-hybridized carbons (Fsp3) is 0.250. The van der Waals surface area contributed by atoms with E-state index in [4.69, 9.17) is 11.6 Å². The second kappa shape index (κ2) is 4.33. The molecule has 3 rings (SSSR count). The predicted molar refractivity (Wildman–Crippen MR) is 74.0 cm³/mol. The zero-order valence-corrected chi connectivity index (χ0v) is 11.6. The Hall–Kier alpha value is -1.46. The SMILES string of the molecule is CCc1cc2c(Cl)nc(-c3ccn(C)n3)nc2s1. The second-order valence-electron chi connectivity index (χ2n) is 4.00. The van der Waals surface area contributed by atoms with E-state index < -0.39 is 0 Å². The topological polar surface area (TPSA) is 43.6 Å². The van der Waals surface area contributed by atoms with Crippen molar-refractivity contribution in [3.8, 4) is 11.5 Å². The molecule has 0 bridgehead atoms. The van der Waals surface area contributed by atoms with Gasteiger partial charge in [0, 0.05) is 23.5 Å². The Morgan fingerprint density at radius 1 is 1.39 bits per heavy atom. The Kier molecular flexibility index (Phi) is 2.80. The van der Waals surface area contributed by atoms with E-state index >= 15 is 0 Å². The largest absolute Gasteiger partial charge is 0.275 e. The van der Waals surface area contributed by atoms with Gasteiger partial charge in [-0.1, -0.05) is 18.5 Å². The molecule has 0 N–H and O–H groups in total. The molecule has 3 aromatic rings. The van der Waals surface area contributed by atoms with E-state index in [1.54, 1.807) is 16.0 Å². The Bertz CT molecular complexity index is 716. The summed E-state index contributed by atoms with van der Waals surface area (Å²) in [6.07, 6.45) is 2.85. The van der Waals surface area contributed by atoms with E-state index in [2.05, 4.69) is 28.1 Å². The molecule has 0 aromatic carbocycles. The van der Waals surface area contributed by atoms with Crippen LogP contribution in [0.5, 0.6) is 0 Å². The van der Waals surface area contributed by atoms with Crippen molar-refractivity contribution >= 4 is 33.2 Å². The van der Waals surface area contributed by atoms with Crippen molar-refractivity contribution in [1.82, 2.24) is 19.7 Å². The van der Waals surface area contributed by atoms with Crippen LogP contribution in [0.1, 0.15) is 11.8 Å². The van der Waals surface area contributed by atoms with E-state index in [9.17, 15) is 0 Å². The molecule has 0 amide bonds. The highest BCUT2D eigenvalue weighted by molar-refractivity contribution is 7.18. The van der Waals surface area contributed by atoms with Crippen molar-refractivity contribution in [3.05, 3.63) is 28.4 Å². The van der Waals surface area contributed by atoms with Gasteiger partial charge in [-0.25, -0.2) is 9.97 Å². The summed E-state index contributed by atoms with van der Waals surface area (Å²) in [4.78, 5) is 11.0. The maximum absolute atomic E-state index is 6.21. The minimum Gasteiger partial charge on any atom is -0.275 e. The molecule has 0 fully saturated rings. The average molecular weight is 279 g/mol. The number of aryl methyl sites for hydroxylation is 2. The molecule has 0 spiro atoms. The molecule has 0 saturated carbocycles. The molecule has 0 unspecified atom stereocenters. The van der Waals surface area contributed by atoms with E-state index in [1.807, 2.05) is 19.3 Å². The predicted octanol–water partition coefficient (Wildman–Crippen LogP) is 3.31. The number of nitrogens with zero attached hydrogens (tertiary/aromatic N) is 4. The minimum atomic E-state index is 0.497. The normalized spacial score (nSPS) is 11.3. The van der Waals surface area contributed by atoms with Crippen LogP contribution >= 0.6 is 22.9 Å². The van der Waals surface area contributed by atoms with Crippen LogP contribution in [0.4, 0.5) is 0 Å². The number of hydrogen-bond donors (Lipinski definition) is 0. The van der Waals surface area contributed by atoms with Crippen LogP contribution in [0.3, 0.4) is 0 Å². The lowest BCUT2D eigenvalue weighted by Gasteiger charge is -1.97. The Morgan fingerprint density at radius 2 is 2.22 bits per heavy atom. The van der Waals surface area contributed by atoms with Gasteiger partial charge < -0.3 is 0 Å². The summed E-state index contributed by atoms with van der Waals surface area (Å²) >= 11 is 7.87. The van der Waals surface area contributed by atoms with Crippen LogP contribution < -0.4 is 0 Å². The molecule has 0 aliphatic rings. The highest BCUT2D eigenvalue weighted by Crippen LogP contribution is 2.30. The molecule has 0 radical (unpaired) electrons. The summed E-state index contributed by atoms with van der Waals surface area (Å²) in [5.41, 5.74) is 0.743. The van der Waals surface area contributed by atoms with Crippen LogP contribution in [0.15, 0.2) is 18.3 Å².